The topological polar surface area (TPSA) is 47.6 Å². The van der Waals surface area contributed by atoms with Gasteiger partial charge >= 0.3 is 6.09 Å². The molecule has 0 saturated carbocycles. The molecule has 0 aromatic heterocycles. The first-order valence-corrected chi connectivity index (χ1v) is 9.65. The van der Waals surface area contributed by atoms with Gasteiger partial charge in [0.1, 0.15) is 12.4 Å². The lowest BCUT2D eigenvalue weighted by atomic mass is 9.98. The lowest BCUT2D eigenvalue weighted by Gasteiger charge is -2.14. The third-order valence-corrected chi connectivity index (χ3v) is 5.11. The molecule has 1 amide bonds. The molecule has 1 aliphatic rings. The van der Waals surface area contributed by atoms with Crippen molar-refractivity contribution >= 4 is 12.2 Å². The first-order valence-electron chi connectivity index (χ1n) is 9.65. The molecule has 0 unspecified atom stereocenters. The van der Waals surface area contributed by atoms with Gasteiger partial charge in [0.2, 0.25) is 0 Å². The summed E-state index contributed by atoms with van der Waals surface area (Å²) in [6.45, 7) is 0.716. The van der Waals surface area contributed by atoms with Gasteiger partial charge in [-0.15, -0.1) is 0 Å². The van der Waals surface area contributed by atoms with Crippen molar-refractivity contribution in [3.8, 4) is 16.9 Å². The molecule has 3 aromatic carbocycles. The van der Waals surface area contributed by atoms with Gasteiger partial charge in [-0.25, -0.2) is 4.79 Å². The molecular formula is C25H23NO3. The Morgan fingerprint density at radius 2 is 1.66 bits per heavy atom. The highest BCUT2D eigenvalue weighted by Gasteiger charge is 2.28. The summed E-state index contributed by atoms with van der Waals surface area (Å²) >= 11 is 0. The average molecular weight is 385 g/mol. The Labute approximate surface area is 170 Å². The van der Waals surface area contributed by atoms with Gasteiger partial charge in [0, 0.05) is 12.5 Å². The quantitative estimate of drug-likeness (QED) is 0.631. The van der Waals surface area contributed by atoms with Gasteiger partial charge in [0.05, 0.1) is 7.11 Å². The molecule has 29 heavy (non-hydrogen) atoms. The van der Waals surface area contributed by atoms with Crippen molar-refractivity contribution in [3.63, 3.8) is 0 Å². The number of rotatable bonds is 6. The fourth-order valence-electron chi connectivity index (χ4n) is 3.73. The third kappa shape index (κ3) is 4.16. The van der Waals surface area contributed by atoms with Crippen molar-refractivity contribution in [2.45, 2.75) is 5.92 Å². The van der Waals surface area contributed by atoms with Gasteiger partial charge in [-0.1, -0.05) is 72.8 Å². The van der Waals surface area contributed by atoms with Crippen molar-refractivity contribution in [2.24, 2.45) is 0 Å². The third-order valence-electron chi connectivity index (χ3n) is 5.11. The van der Waals surface area contributed by atoms with Crippen LogP contribution in [-0.4, -0.2) is 26.4 Å². The van der Waals surface area contributed by atoms with Crippen LogP contribution in [0.4, 0.5) is 4.79 Å². The minimum Gasteiger partial charge on any atom is -0.497 e. The first kappa shape index (κ1) is 18.8. The van der Waals surface area contributed by atoms with E-state index in [0.29, 0.717) is 13.2 Å². The van der Waals surface area contributed by atoms with E-state index < -0.39 is 6.09 Å². The monoisotopic (exact) mass is 385 g/mol. The SMILES string of the molecule is COc1cccc(C=CCNC(=O)OCC2c3ccccc3-c3ccccc32)c1. The zero-order chi connectivity index (χ0) is 20.1. The van der Waals surface area contributed by atoms with E-state index in [4.69, 9.17) is 9.47 Å². The van der Waals surface area contributed by atoms with E-state index in [0.717, 1.165) is 11.3 Å². The van der Waals surface area contributed by atoms with Crippen LogP contribution in [0.25, 0.3) is 17.2 Å². The smallest absolute Gasteiger partial charge is 0.407 e. The molecule has 0 heterocycles. The zero-order valence-electron chi connectivity index (χ0n) is 16.3. The fraction of sp³-hybridized carbons (Fsp3) is 0.160. The lowest BCUT2D eigenvalue weighted by Crippen LogP contribution is -2.26. The van der Waals surface area contributed by atoms with Crippen LogP contribution in [0.5, 0.6) is 5.75 Å². The van der Waals surface area contributed by atoms with Gasteiger partial charge < -0.3 is 14.8 Å². The second-order valence-electron chi connectivity index (χ2n) is 6.89. The summed E-state index contributed by atoms with van der Waals surface area (Å²) in [5.74, 6) is 0.872. The minimum absolute atomic E-state index is 0.0699. The summed E-state index contributed by atoms with van der Waals surface area (Å²) in [6.07, 6.45) is 3.41. The van der Waals surface area contributed by atoms with E-state index in [1.807, 2.05) is 60.7 Å². The standard InChI is InChI=1S/C25H23NO3/c1-28-19-10-6-8-18(16-19)9-7-15-26-25(27)29-17-24-22-13-4-2-11-20(22)21-12-3-5-14-23(21)24/h2-14,16,24H,15,17H2,1H3,(H,26,27). The average Bonchev–Trinajstić information content (AvgIpc) is 3.09. The molecule has 0 saturated heterocycles. The number of hydrogen-bond donors (Lipinski definition) is 1. The van der Waals surface area contributed by atoms with Gasteiger partial charge in [-0.05, 0) is 39.9 Å². The van der Waals surface area contributed by atoms with Crippen LogP contribution in [0.3, 0.4) is 0 Å². The van der Waals surface area contributed by atoms with E-state index in [1.165, 1.54) is 22.3 Å². The summed E-state index contributed by atoms with van der Waals surface area (Å²) in [4.78, 5) is 12.1. The molecule has 0 aliphatic heterocycles. The molecule has 3 aromatic rings. The zero-order valence-corrected chi connectivity index (χ0v) is 16.3. The molecule has 4 rings (SSSR count). The number of benzene rings is 3. The normalized spacial score (nSPS) is 12.4. The maximum absolute atomic E-state index is 12.1. The molecule has 146 valence electrons. The van der Waals surface area contributed by atoms with Crippen LogP contribution in [0.15, 0.2) is 78.9 Å². The highest BCUT2D eigenvalue weighted by molar-refractivity contribution is 5.79. The van der Waals surface area contributed by atoms with Crippen LogP contribution >= 0.6 is 0 Å². The molecule has 1 N–H and O–H groups in total. The molecule has 0 bridgehead atoms. The van der Waals surface area contributed by atoms with Crippen LogP contribution in [-0.2, 0) is 4.74 Å². The molecule has 1 aliphatic carbocycles. The molecule has 0 atom stereocenters. The summed E-state index contributed by atoms with van der Waals surface area (Å²) in [5, 5.41) is 2.77. The number of ether oxygens (including phenoxy) is 2. The Kier molecular flexibility index (Phi) is 5.61. The molecular weight excluding hydrogens is 362 g/mol. The highest BCUT2D eigenvalue weighted by atomic mass is 16.5. The van der Waals surface area contributed by atoms with Crippen LogP contribution in [0.2, 0.25) is 0 Å². The minimum atomic E-state index is -0.415. The predicted octanol–water partition coefficient (Wildman–Crippen LogP) is 5.25. The summed E-state index contributed by atoms with van der Waals surface area (Å²) in [7, 11) is 1.64. The molecule has 0 spiro atoms. The summed E-state index contributed by atoms with van der Waals surface area (Å²) in [5.41, 5.74) is 5.87. The van der Waals surface area contributed by atoms with E-state index in [1.54, 1.807) is 7.11 Å². The van der Waals surface area contributed by atoms with Crippen molar-refractivity contribution in [2.75, 3.05) is 20.3 Å². The Balaban J connectivity index is 1.32. The van der Waals surface area contributed by atoms with Crippen molar-refractivity contribution in [1.29, 1.82) is 0 Å². The fourth-order valence-corrected chi connectivity index (χ4v) is 3.73. The number of carbonyl (C=O) groups is 1. The van der Waals surface area contributed by atoms with Crippen molar-refractivity contribution in [1.82, 2.24) is 5.32 Å². The Morgan fingerprint density at radius 3 is 2.34 bits per heavy atom. The number of nitrogens with one attached hydrogen (secondary N) is 1. The lowest BCUT2D eigenvalue weighted by molar-refractivity contribution is 0.144. The largest absolute Gasteiger partial charge is 0.497 e. The van der Waals surface area contributed by atoms with E-state index in [9.17, 15) is 4.79 Å². The van der Waals surface area contributed by atoms with Crippen molar-refractivity contribution in [3.05, 3.63) is 95.6 Å². The van der Waals surface area contributed by atoms with Crippen molar-refractivity contribution < 1.29 is 14.3 Å². The predicted molar refractivity (Wildman–Crippen MR) is 115 cm³/mol. The maximum Gasteiger partial charge on any atom is 0.407 e. The maximum atomic E-state index is 12.1. The molecule has 0 radical (unpaired) electrons. The number of amides is 1. The second kappa shape index (κ2) is 8.65. The highest BCUT2D eigenvalue weighted by Crippen LogP contribution is 2.44. The number of carbonyl (C=O) groups excluding carboxylic acids is 1. The van der Waals surface area contributed by atoms with Crippen LogP contribution in [0, 0.1) is 0 Å². The van der Waals surface area contributed by atoms with E-state index >= 15 is 0 Å². The van der Waals surface area contributed by atoms with E-state index in [2.05, 4.69) is 29.6 Å². The Morgan fingerprint density at radius 1 is 0.966 bits per heavy atom. The molecule has 0 fully saturated rings. The van der Waals surface area contributed by atoms with Gasteiger partial charge in [-0.3, -0.25) is 0 Å². The first-order chi connectivity index (χ1) is 14.3. The van der Waals surface area contributed by atoms with Gasteiger partial charge in [0.25, 0.3) is 0 Å². The van der Waals surface area contributed by atoms with E-state index in [-0.39, 0.29) is 5.92 Å². The Hall–Kier alpha value is -3.53. The number of methoxy groups -OCH3 is 1. The van der Waals surface area contributed by atoms with Crippen LogP contribution in [0.1, 0.15) is 22.6 Å². The number of alkyl carbamates (subject to hydrolysis) is 1. The molecule has 4 heteroatoms. The summed E-state index contributed by atoms with van der Waals surface area (Å²) in [6, 6.07) is 24.3. The molecule has 4 nitrogen and oxygen atoms in total. The Bertz CT molecular complexity index is 996. The van der Waals surface area contributed by atoms with Gasteiger partial charge in [-0.2, -0.15) is 0 Å². The number of hydrogen-bond acceptors (Lipinski definition) is 3. The van der Waals surface area contributed by atoms with Crippen LogP contribution < -0.4 is 10.1 Å². The number of fused-ring (bicyclic) bond motifs is 3. The van der Waals surface area contributed by atoms with Gasteiger partial charge in [0.15, 0.2) is 0 Å². The summed E-state index contributed by atoms with van der Waals surface area (Å²) < 4.78 is 10.7. The second-order valence-corrected chi connectivity index (χ2v) is 6.89.